The summed E-state index contributed by atoms with van der Waals surface area (Å²) in [7, 11) is 2.32. The molecule has 1 aliphatic rings. The van der Waals surface area contributed by atoms with Crippen LogP contribution in [0.15, 0.2) is 12.1 Å². The van der Waals surface area contributed by atoms with E-state index >= 15 is 0 Å². The molecular weight excluding hydrogens is 801 g/mol. The maximum absolute atomic E-state index is 12.8. The standard InChI is InChI=1S/C27H36Cl2N3O6PS.Tl/c1-16(2)14-19(31-26(36)37-27(3,4)5)25(35)30-15-22(34)32-12-10-17(11-13-32)6-8-20(33)18-7-9-21(38-40-39)24(29)23(18)28;/h7,9,16-17,19H,10-15,39H2,1-5H3,(H,30,35)(H,31,36);/t19-;/m0./s1. The number of halogens is 2. The summed E-state index contributed by atoms with van der Waals surface area (Å²) in [6.07, 6.45) is 0.882. The zero-order valence-corrected chi connectivity index (χ0v) is 31.8. The Morgan fingerprint density at radius 1 is 1.15 bits per heavy atom. The number of benzene rings is 1. The molecule has 1 aromatic rings. The van der Waals surface area contributed by atoms with Gasteiger partial charge in [0.25, 0.3) is 0 Å². The van der Waals surface area contributed by atoms with Crippen LogP contribution < -0.4 is 14.8 Å². The van der Waals surface area contributed by atoms with Gasteiger partial charge in [0, 0.05) is 46.3 Å². The van der Waals surface area contributed by atoms with Crippen molar-refractivity contribution >= 4 is 94.3 Å². The minimum atomic E-state index is -0.821. The van der Waals surface area contributed by atoms with Crippen LogP contribution in [0, 0.1) is 23.7 Å². The molecule has 1 fully saturated rings. The predicted octanol–water partition coefficient (Wildman–Crippen LogP) is 4.91. The number of Topliss-reactive ketones (excluding diaryl/α,β-unsaturated/α-hetero) is 1. The number of ketones is 1. The zero-order valence-electron chi connectivity index (χ0n) is 23.8. The fourth-order valence-corrected chi connectivity index (χ4v) is 4.93. The van der Waals surface area contributed by atoms with E-state index in [0.29, 0.717) is 38.1 Å². The van der Waals surface area contributed by atoms with E-state index in [1.165, 1.54) is 6.07 Å². The van der Waals surface area contributed by atoms with Crippen LogP contribution in [0.2, 0.25) is 10.0 Å². The summed E-state index contributed by atoms with van der Waals surface area (Å²) < 4.78 is 10.5. The van der Waals surface area contributed by atoms with Crippen molar-refractivity contribution in [1.29, 1.82) is 0 Å². The van der Waals surface area contributed by atoms with Gasteiger partial charge in [-0.25, -0.2) is 4.79 Å². The molecular formula is C27H36Cl2N3O6PSTl. The molecule has 1 saturated heterocycles. The zero-order chi connectivity index (χ0) is 30.0. The number of carbonyl (C=O) groups is 4. The summed E-state index contributed by atoms with van der Waals surface area (Å²) >= 11 is 13.4. The van der Waals surface area contributed by atoms with Gasteiger partial charge in [-0.1, -0.05) is 43.0 Å². The second-order valence-electron chi connectivity index (χ2n) is 10.7. The third-order valence-corrected chi connectivity index (χ3v) is 7.22. The van der Waals surface area contributed by atoms with Crippen molar-refractivity contribution in [3.63, 3.8) is 0 Å². The first-order valence-electron chi connectivity index (χ1n) is 12.8. The minimum Gasteiger partial charge on any atom is -0.444 e. The molecule has 41 heavy (non-hydrogen) atoms. The summed E-state index contributed by atoms with van der Waals surface area (Å²) in [4.78, 5) is 51.9. The van der Waals surface area contributed by atoms with Crippen molar-refractivity contribution in [2.75, 3.05) is 19.6 Å². The van der Waals surface area contributed by atoms with E-state index in [0.717, 1.165) is 11.7 Å². The van der Waals surface area contributed by atoms with E-state index < -0.39 is 29.4 Å². The SMILES string of the molecule is CC(C)C[C@H](NC(=O)OC(C)(C)C)C(=O)NCC(=O)N1CCC(C#CC(=O)c2ccc(OSP)c(Cl)c2Cl)CC1.[Tl]. The van der Waals surface area contributed by atoms with Crippen molar-refractivity contribution < 1.29 is 28.1 Å². The first-order chi connectivity index (χ1) is 18.7. The van der Waals surface area contributed by atoms with Crippen molar-refractivity contribution in [3.8, 4) is 17.6 Å². The number of carbonyl (C=O) groups excluding carboxylic acids is 4. The van der Waals surface area contributed by atoms with E-state index in [-0.39, 0.29) is 67.2 Å². The first kappa shape index (κ1) is 37.8. The van der Waals surface area contributed by atoms with Gasteiger partial charge in [-0.15, -0.1) is 0 Å². The van der Waals surface area contributed by atoms with Crippen LogP contribution in [0.25, 0.3) is 0 Å². The molecule has 2 rings (SSSR count). The van der Waals surface area contributed by atoms with E-state index in [2.05, 4.69) is 30.9 Å². The Labute approximate surface area is 278 Å². The Kier molecular flexibility index (Phi) is 16.4. The van der Waals surface area contributed by atoms with Crippen LogP contribution in [0.1, 0.15) is 64.2 Å². The van der Waals surface area contributed by atoms with E-state index in [1.54, 1.807) is 31.7 Å². The van der Waals surface area contributed by atoms with Crippen molar-refractivity contribution in [2.24, 2.45) is 11.8 Å². The Morgan fingerprint density at radius 3 is 2.34 bits per heavy atom. The molecule has 0 bridgehead atoms. The maximum Gasteiger partial charge on any atom is 0.408 e. The fraction of sp³-hybridized carbons (Fsp3) is 0.556. The average molecular weight is 837 g/mol. The molecule has 1 radical (unpaired) electrons. The smallest absolute Gasteiger partial charge is 0.408 e. The van der Waals surface area contributed by atoms with Crippen LogP contribution in [-0.2, 0) is 14.3 Å². The van der Waals surface area contributed by atoms with Gasteiger partial charge in [0.2, 0.25) is 17.6 Å². The molecule has 1 unspecified atom stereocenters. The molecule has 0 spiro atoms. The predicted molar refractivity (Wildman–Crippen MR) is 167 cm³/mol. The fourth-order valence-electron chi connectivity index (χ4n) is 3.88. The van der Waals surface area contributed by atoms with Gasteiger partial charge < -0.3 is 24.5 Å². The molecule has 0 saturated carbocycles. The van der Waals surface area contributed by atoms with Gasteiger partial charge in [-0.05, 0) is 72.4 Å². The summed E-state index contributed by atoms with van der Waals surface area (Å²) in [5.74, 6) is 4.91. The molecule has 2 N–H and O–H groups in total. The minimum absolute atomic E-state index is 0. The molecule has 0 aliphatic carbocycles. The van der Waals surface area contributed by atoms with Crippen LogP contribution in [0.5, 0.6) is 5.75 Å². The maximum atomic E-state index is 12.8. The van der Waals surface area contributed by atoms with Crippen LogP contribution >= 0.6 is 43.3 Å². The number of hydrogen-bond donors (Lipinski definition) is 2. The molecule has 1 heterocycles. The van der Waals surface area contributed by atoms with Gasteiger partial charge in [0.05, 0.1) is 28.8 Å². The van der Waals surface area contributed by atoms with Crippen LogP contribution in [-0.4, -0.2) is 87.2 Å². The molecule has 14 heteroatoms. The molecule has 9 nitrogen and oxygen atoms in total. The molecule has 2 atom stereocenters. The Hall–Kier alpha value is -1.26. The quantitative estimate of drug-likeness (QED) is 0.0909. The van der Waals surface area contributed by atoms with Gasteiger partial charge in [0.15, 0.2) is 5.75 Å². The largest absolute Gasteiger partial charge is 0.444 e. The second-order valence-corrected chi connectivity index (χ2v) is 12.4. The number of nitrogens with one attached hydrogen (secondary N) is 2. The van der Waals surface area contributed by atoms with Crippen molar-refractivity contribution in [1.82, 2.24) is 15.5 Å². The number of hydrogen-bond acceptors (Lipinski definition) is 7. The normalized spacial score (nSPS) is 14.2. The van der Waals surface area contributed by atoms with Gasteiger partial charge in [-0.2, -0.15) is 0 Å². The van der Waals surface area contributed by atoms with Gasteiger partial charge in [0.1, 0.15) is 16.7 Å². The Morgan fingerprint density at radius 2 is 1.78 bits per heavy atom. The number of amides is 3. The average Bonchev–Trinajstić information content (AvgIpc) is 2.87. The second kappa shape index (κ2) is 17.8. The van der Waals surface area contributed by atoms with Crippen molar-refractivity contribution in [2.45, 2.75) is 65.5 Å². The third kappa shape index (κ3) is 12.9. The summed E-state index contributed by atoms with van der Waals surface area (Å²) in [5, 5.41) is 5.45. The number of piperidine rings is 1. The number of rotatable bonds is 9. The van der Waals surface area contributed by atoms with E-state index in [1.807, 2.05) is 13.8 Å². The molecule has 1 aliphatic heterocycles. The van der Waals surface area contributed by atoms with Crippen LogP contribution in [0.4, 0.5) is 4.79 Å². The Balaban J connectivity index is 0.00000840. The number of nitrogens with zero attached hydrogens (tertiary/aromatic N) is 1. The van der Waals surface area contributed by atoms with Crippen LogP contribution in [0.3, 0.4) is 0 Å². The molecule has 3 amide bonds. The third-order valence-electron chi connectivity index (χ3n) is 5.80. The molecule has 1 aromatic carbocycles. The van der Waals surface area contributed by atoms with Gasteiger partial charge in [-0.3, -0.25) is 14.4 Å². The van der Waals surface area contributed by atoms with E-state index in [4.69, 9.17) is 32.1 Å². The summed E-state index contributed by atoms with van der Waals surface area (Å²) in [6.45, 7) is 9.78. The number of likely N-dealkylation sites (tertiary alicyclic amines) is 1. The monoisotopic (exact) mass is 836 g/mol. The Bertz CT molecular complexity index is 1160. The summed E-state index contributed by atoms with van der Waals surface area (Å²) in [5.41, 5.74) is -0.502. The van der Waals surface area contributed by atoms with Gasteiger partial charge >= 0.3 is 6.09 Å². The number of alkyl carbamates (subject to hydrolysis) is 1. The summed E-state index contributed by atoms with van der Waals surface area (Å²) in [6, 6.07) is 2.26. The molecule has 223 valence electrons. The van der Waals surface area contributed by atoms with Crippen molar-refractivity contribution in [3.05, 3.63) is 27.7 Å². The number of ether oxygens (including phenoxy) is 1. The topological polar surface area (TPSA) is 114 Å². The van der Waals surface area contributed by atoms with E-state index in [9.17, 15) is 19.2 Å². The first-order valence-corrected chi connectivity index (χ1v) is 15.8. The molecule has 0 aromatic heterocycles.